The van der Waals surface area contributed by atoms with Gasteiger partial charge in [0, 0.05) is 12.2 Å². The SMILES string of the molecule is CC(C)CCSC(c1ccccn1)C(C)N. The molecular formula is C13H22N2S. The summed E-state index contributed by atoms with van der Waals surface area (Å²) in [6.45, 7) is 6.56. The quantitative estimate of drug-likeness (QED) is 0.827. The summed E-state index contributed by atoms with van der Waals surface area (Å²) in [5, 5.41) is 0.319. The number of pyridine rings is 1. The fourth-order valence-corrected chi connectivity index (χ4v) is 2.96. The van der Waals surface area contributed by atoms with Crippen molar-refractivity contribution in [2.75, 3.05) is 5.75 Å². The third kappa shape index (κ3) is 4.54. The number of aromatic nitrogens is 1. The zero-order valence-corrected chi connectivity index (χ0v) is 11.2. The van der Waals surface area contributed by atoms with E-state index in [4.69, 9.17) is 5.73 Å². The predicted molar refractivity (Wildman–Crippen MR) is 72.5 cm³/mol. The summed E-state index contributed by atoms with van der Waals surface area (Å²) in [7, 11) is 0. The van der Waals surface area contributed by atoms with Crippen LogP contribution in [0.2, 0.25) is 0 Å². The predicted octanol–water partition coefficient (Wildman–Crippen LogP) is 3.25. The van der Waals surface area contributed by atoms with E-state index in [0.717, 1.165) is 17.4 Å². The van der Waals surface area contributed by atoms with Crippen LogP contribution in [0.3, 0.4) is 0 Å². The van der Waals surface area contributed by atoms with Crippen LogP contribution >= 0.6 is 11.8 Å². The van der Waals surface area contributed by atoms with Crippen LogP contribution in [0.15, 0.2) is 24.4 Å². The van der Waals surface area contributed by atoms with E-state index in [1.807, 2.05) is 30.1 Å². The van der Waals surface area contributed by atoms with Gasteiger partial charge in [0.2, 0.25) is 0 Å². The summed E-state index contributed by atoms with van der Waals surface area (Å²) in [6, 6.07) is 6.18. The Morgan fingerprint density at radius 1 is 1.31 bits per heavy atom. The van der Waals surface area contributed by atoms with Gasteiger partial charge in [0.15, 0.2) is 0 Å². The summed E-state index contributed by atoms with van der Waals surface area (Å²) in [5.74, 6) is 1.91. The molecule has 1 heterocycles. The lowest BCUT2D eigenvalue weighted by atomic mass is 10.1. The third-order valence-corrected chi connectivity index (χ3v) is 3.95. The minimum Gasteiger partial charge on any atom is -0.327 e. The van der Waals surface area contributed by atoms with Crippen LogP contribution in [0.25, 0.3) is 0 Å². The lowest BCUT2D eigenvalue weighted by Gasteiger charge is -2.20. The maximum atomic E-state index is 6.02. The smallest absolute Gasteiger partial charge is 0.0618 e. The molecule has 1 aromatic rings. The number of nitrogens with two attached hydrogens (primary N) is 1. The van der Waals surface area contributed by atoms with Crippen molar-refractivity contribution < 1.29 is 0 Å². The van der Waals surface area contributed by atoms with Crippen molar-refractivity contribution in [1.29, 1.82) is 0 Å². The molecule has 0 fully saturated rings. The zero-order valence-electron chi connectivity index (χ0n) is 10.4. The molecule has 2 N–H and O–H groups in total. The molecule has 2 unspecified atom stereocenters. The van der Waals surface area contributed by atoms with Gasteiger partial charge in [-0.2, -0.15) is 11.8 Å². The molecule has 0 aliphatic heterocycles. The second-order valence-corrected chi connectivity index (χ2v) is 5.84. The van der Waals surface area contributed by atoms with Gasteiger partial charge in [0.1, 0.15) is 0 Å². The number of hydrogen-bond donors (Lipinski definition) is 1. The molecule has 1 aromatic heterocycles. The van der Waals surface area contributed by atoms with E-state index in [1.165, 1.54) is 6.42 Å². The van der Waals surface area contributed by atoms with Crippen molar-refractivity contribution in [2.24, 2.45) is 11.7 Å². The van der Waals surface area contributed by atoms with Gasteiger partial charge in [0.25, 0.3) is 0 Å². The van der Waals surface area contributed by atoms with Gasteiger partial charge in [0.05, 0.1) is 10.9 Å². The molecule has 2 atom stereocenters. The van der Waals surface area contributed by atoms with E-state index in [1.54, 1.807) is 0 Å². The maximum absolute atomic E-state index is 6.02. The van der Waals surface area contributed by atoms with Crippen LogP contribution in [-0.2, 0) is 0 Å². The molecule has 0 aliphatic rings. The van der Waals surface area contributed by atoms with Gasteiger partial charge < -0.3 is 5.73 Å². The van der Waals surface area contributed by atoms with Crippen LogP contribution in [0.5, 0.6) is 0 Å². The first-order valence-corrected chi connectivity index (χ1v) is 6.94. The summed E-state index contributed by atoms with van der Waals surface area (Å²) in [5.41, 5.74) is 7.13. The monoisotopic (exact) mass is 238 g/mol. The highest BCUT2D eigenvalue weighted by Crippen LogP contribution is 2.30. The highest BCUT2D eigenvalue weighted by atomic mass is 32.2. The highest BCUT2D eigenvalue weighted by Gasteiger charge is 2.17. The molecule has 0 spiro atoms. The Hall–Kier alpha value is -0.540. The molecule has 0 saturated carbocycles. The Morgan fingerprint density at radius 2 is 2.06 bits per heavy atom. The Bertz CT molecular complexity index is 285. The highest BCUT2D eigenvalue weighted by molar-refractivity contribution is 7.99. The first kappa shape index (κ1) is 13.5. The third-order valence-electron chi connectivity index (χ3n) is 2.45. The van der Waals surface area contributed by atoms with E-state index in [2.05, 4.69) is 31.8 Å². The van der Waals surface area contributed by atoms with Crippen LogP contribution in [0.4, 0.5) is 0 Å². The zero-order chi connectivity index (χ0) is 12.0. The second-order valence-electron chi connectivity index (χ2n) is 4.59. The van der Waals surface area contributed by atoms with E-state index in [0.29, 0.717) is 5.25 Å². The molecular weight excluding hydrogens is 216 g/mol. The van der Waals surface area contributed by atoms with Gasteiger partial charge in [-0.25, -0.2) is 0 Å². The average Bonchev–Trinajstić information content (AvgIpc) is 2.25. The fourth-order valence-electron chi connectivity index (χ4n) is 1.48. The molecule has 90 valence electrons. The first-order valence-electron chi connectivity index (χ1n) is 5.89. The molecule has 0 aromatic carbocycles. The first-order chi connectivity index (χ1) is 7.61. The second kappa shape index (κ2) is 6.92. The molecule has 0 saturated heterocycles. The number of rotatable bonds is 6. The van der Waals surface area contributed by atoms with Crippen molar-refractivity contribution in [1.82, 2.24) is 4.98 Å². The van der Waals surface area contributed by atoms with Gasteiger partial charge in [-0.15, -0.1) is 0 Å². The standard InChI is InChI=1S/C13H22N2S/c1-10(2)7-9-16-13(11(3)14)12-6-4-5-8-15-12/h4-6,8,10-11,13H,7,9,14H2,1-3H3. The van der Waals surface area contributed by atoms with Crippen molar-refractivity contribution in [2.45, 2.75) is 38.5 Å². The largest absolute Gasteiger partial charge is 0.327 e. The van der Waals surface area contributed by atoms with Crippen molar-refractivity contribution in [3.8, 4) is 0 Å². The lowest BCUT2D eigenvalue weighted by molar-refractivity contribution is 0.628. The average molecular weight is 238 g/mol. The molecule has 0 radical (unpaired) electrons. The minimum absolute atomic E-state index is 0.145. The maximum Gasteiger partial charge on any atom is 0.0618 e. The Kier molecular flexibility index (Phi) is 5.85. The lowest BCUT2D eigenvalue weighted by Crippen LogP contribution is -2.23. The van der Waals surface area contributed by atoms with Crippen molar-refractivity contribution in [3.63, 3.8) is 0 Å². The Labute approximate surface area is 103 Å². The van der Waals surface area contributed by atoms with Crippen molar-refractivity contribution >= 4 is 11.8 Å². The van der Waals surface area contributed by atoms with E-state index < -0.39 is 0 Å². The normalized spacial score (nSPS) is 15.1. The van der Waals surface area contributed by atoms with Crippen LogP contribution in [0.1, 0.15) is 38.1 Å². The topological polar surface area (TPSA) is 38.9 Å². The molecule has 16 heavy (non-hydrogen) atoms. The summed E-state index contributed by atoms with van der Waals surface area (Å²) >= 11 is 1.92. The summed E-state index contributed by atoms with van der Waals surface area (Å²) in [4.78, 5) is 4.40. The van der Waals surface area contributed by atoms with Crippen LogP contribution in [0, 0.1) is 5.92 Å². The van der Waals surface area contributed by atoms with Crippen LogP contribution < -0.4 is 5.73 Å². The molecule has 3 heteroatoms. The van der Waals surface area contributed by atoms with E-state index in [9.17, 15) is 0 Å². The molecule has 0 bridgehead atoms. The van der Waals surface area contributed by atoms with E-state index >= 15 is 0 Å². The molecule has 0 aliphatic carbocycles. The fraction of sp³-hybridized carbons (Fsp3) is 0.615. The molecule has 0 amide bonds. The van der Waals surface area contributed by atoms with Gasteiger partial charge in [-0.05, 0) is 37.1 Å². The number of nitrogens with zero attached hydrogens (tertiary/aromatic N) is 1. The van der Waals surface area contributed by atoms with Crippen molar-refractivity contribution in [3.05, 3.63) is 30.1 Å². The molecule has 2 nitrogen and oxygen atoms in total. The molecule has 1 rings (SSSR count). The number of thioether (sulfide) groups is 1. The van der Waals surface area contributed by atoms with Gasteiger partial charge in [-0.1, -0.05) is 19.9 Å². The Morgan fingerprint density at radius 3 is 2.56 bits per heavy atom. The van der Waals surface area contributed by atoms with Gasteiger partial charge >= 0.3 is 0 Å². The Balaban J connectivity index is 2.55. The van der Waals surface area contributed by atoms with E-state index in [-0.39, 0.29) is 6.04 Å². The number of hydrogen-bond acceptors (Lipinski definition) is 3. The van der Waals surface area contributed by atoms with Gasteiger partial charge in [-0.3, -0.25) is 4.98 Å². The summed E-state index contributed by atoms with van der Waals surface area (Å²) in [6.07, 6.45) is 3.08. The summed E-state index contributed by atoms with van der Waals surface area (Å²) < 4.78 is 0. The minimum atomic E-state index is 0.145. The van der Waals surface area contributed by atoms with Crippen LogP contribution in [-0.4, -0.2) is 16.8 Å².